The third-order valence-electron chi connectivity index (χ3n) is 1.38. The van der Waals surface area contributed by atoms with Crippen molar-refractivity contribution in [1.29, 1.82) is 0 Å². The molecule has 0 amide bonds. The first-order valence-electron chi connectivity index (χ1n) is 3.55. The van der Waals surface area contributed by atoms with Gasteiger partial charge in [0.05, 0.1) is 0 Å². The van der Waals surface area contributed by atoms with Crippen LogP contribution in [0.3, 0.4) is 0 Å². The van der Waals surface area contributed by atoms with E-state index in [0.29, 0.717) is 0 Å². The highest BCUT2D eigenvalue weighted by Gasteiger charge is 2.37. The van der Waals surface area contributed by atoms with Gasteiger partial charge in [0, 0.05) is 0 Å². The highest BCUT2D eigenvalue weighted by atomic mass is 35.5. The fourth-order valence-corrected chi connectivity index (χ4v) is 1.13. The monoisotopic (exact) mass is 237 g/mol. The number of rotatable bonds is 1. The Morgan fingerprint density at radius 3 is 2.47 bits per heavy atom. The van der Waals surface area contributed by atoms with E-state index in [2.05, 4.69) is 15.0 Å². The number of nitrogens with zero attached hydrogens (tertiary/aromatic N) is 3. The molecule has 0 aromatic carbocycles. The molecule has 0 atom stereocenters. The molecule has 8 heteroatoms. The number of halogens is 4. The van der Waals surface area contributed by atoms with E-state index in [4.69, 9.17) is 11.6 Å². The maximum atomic E-state index is 12.4. The molecule has 0 radical (unpaired) electrons. The first kappa shape index (κ1) is 11.6. The van der Waals surface area contributed by atoms with Crippen molar-refractivity contribution in [3.05, 3.63) is 16.7 Å². The standard InChI is InChI=1S/C7H3ClF3N3O/c1-3-13-5(7(9,10)11)4(12-2-15)6(8)14-3/h1H3. The van der Waals surface area contributed by atoms with Crippen molar-refractivity contribution in [2.75, 3.05) is 0 Å². The van der Waals surface area contributed by atoms with Crippen LogP contribution < -0.4 is 0 Å². The van der Waals surface area contributed by atoms with Crippen molar-refractivity contribution in [2.45, 2.75) is 13.1 Å². The van der Waals surface area contributed by atoms with Crippen LogP contribution in [0.25, 0.3) is 0 Å². The summed E-state index contributed by atoms with van der Waals surface area (Å²) in [6, 6.07) is 0. The van der Waals surface area contributed by atoms with Gasteiger partial charge >= 0.3 is 6.18 Å². The maximum absolute atomic E-state index is 12.4. The largest absolute Gasteiger partial charge is 0.435 e. The molecule has 0 N–H and O–H groups in total. The number of hydrogen-bond donors (Lipinski definition) is 0. The molecule has 1 aromatic rings. The Kier molecular flexibility index (Phi) is 3.06. The number of aryl methyl sites for hydroxylation is 1. The molecule has 80 valence electrons. The predicted octanol–water partition coefficient (Wildman–Crippen LogP) is 2.42. The highest BCUT2D eigenvalue weighted by molar-refractivity contribution is 6.31. The van der Waals surface area contributed by atoms with E-state index in [1.54, 1.807) is 0 Å². The summed E-state index contributed by atoms with van der Waals surface area (Å²) >= 11 is 5.40. The van der Waals surface area contributed by atoms with Crippen molar-refractivity contribution in [1.82, 2.24) is 9.97 Å². The number of carbonyl (C=O) groups excluding carboxylic acids is 1. The lowest BCUT2D eigenvalue weighted by molar-refractivity contribution is -0.140. The van der Waals surface area contributed by atoms with E-state index >= 15 is 0 Å². The zero-order valence-corrected chi connectivity index (χ0v) is 8.02. The first-order valence-corrected chi connectivity index (χ1v) is 3.93. The van der Waals surface area contributed by atoms with Crippen LogP contribution >= 0.6 is 11.6 Å². The Balaban J connectivity index is 3.54. The van der Waals surface area contributed by atoms with E-state index in [1.165, 1.54) is 6.92 Å². The fourth-order valence-electron chi connectivity index (χ4n) is 0.875. The SMILES string of the molecule is Cc1nc(Cl)c(N=C=O)c(C(F)(F)F)n1. The van der Waals surface area contributed by atoms with Gasteiger partial charge in [-0.15, -0.1) is 0 Å². The quantitative estimate of drug-likeness (QED) is 0.428. The van der Waals surface area contributed by atoms with Gasteiger partial charge in [0.25, 0.3) is 0 Å². The third-order valence-corrected chi connectivity index (χ3v) is 1.64. The smallest absolute Gasteiger partial charge is 0.226 e. The molecule has 0 bridgehead atoms. The summed E-state index contributed by atoms with van der Waals surface area (Å²) in [5.74, 6) is -0.155. The van der Waals surface area contributed by atoms with Crippen molar-refractivity contribution in [3.63, 3.8) is 0 Å². The predicted molar refractivity (Wildman–Crippen MR) is 44.6 cm³/mol. The minimum absolute atomic E-state index is 0.155. The second-order valence-electron chi connectivity index (χ2n) is 2.46. The molecule has 0 aliphatic rings. The van der Waals surface area contributed by atoms with E-state index in [0.717, 1.165) is 6.08 Å². The van der Waals surface area contributed by atoms with Gasteiger partial charge in [-0.05, 0) is 6.92 Å². The minimum Gasteiger partial charge on any atom is -0.226 e. The number of isocyanates is 1. The van der Waals surface area contributed by atoms with Gasteiger partial charge in [-0.3, -0.25) is 0 Å². The van der Waals surface area contributed by atoms with E-state index in [9.17, 15) is 18.0 Å². The Hall–Kier alpha value is -1.46. The Labute approximate surface area is 86.8 Å². The van der Waals surface area contributed by atoms with Crippen LogP contribution in [0.2, 0.25) is 5.15 Å². The van der Waals surface area contributed by atoms with E-state index < -0.39 is 22.7 Å². The lowest BCUT2D eigenvalue weighted by Gasteiger charge is -2.09. The van der Waals surface area contributed by atoms with Crippen LogP contribution in [0.4, 0.5) is 18.9 Å². The highest BCUT2D eigenvalue weighted by Crippen LogP contribution is 2.37. The summed E-state index contributed by atoms with van der Waals surface area (Å²) in [5.41, 5.74) is -2.16. The molecular formula is C7H3ClF3N3O. The molecule has 0 fully saturated rings. The number of hydrogen-bond acceptors (Lipinski definition) is 4. The van der Waals surface area contributed by atoms with Gasteiger partial charge in [0.15, 0.2) is 10.8 Å². The van der Waals surface area contributed by atoms with Gasteiger partial charge in [0.2, 0.25) is 6.08 Å². The molecule has 0 saturated heterocycles. The summed E-state index contributed by atoms with van der Waals surface area (Å²) < 4.78 is 37.2. The van der Waals surface area contributed by atoms with Gasteiger partial charge in [0.1, 0.15) is 11.5 Å². The van der Waals surface area contributed by atoms with Crippen LogP contribution in [0.5, 0.6) is 0 Å². The lowest BCUT2D eigenvalue weighted by atomic mass is 10.3. The van der Waals surface area contributed by atoms with E-state index in [1.807, 2.05) is 0 Å². The van der Waals surface area contributed by atoms with Crippen LogP contribution in [0.1, 0.15) is 11.5 Å². The summed E-state index contributed by atoms with van der Waals surface area (Å²) in [4.78, 5) is 19.3. The van der Waals surface area contributed by atoms with Crippen molar-refractivity contribution >= 4 is 23.4 Å². The van der Waals surface area contributed by atoms with E-state index in [-0.39, 0.29) is 5.82 Å². The molecular weight excluding hydrogens is 235 g/mol. The summed E-state index contributed by atoms with van der Waals surface area (Å²) in [5, 5.41) is -0.529. The molecule has 15 heavy (non-hydrogen) atoms. The van der Waals surface area contributed by atoms with Crippen molar-refractivity contribution in [3.8, 4) is 0 Å². The molecule has 0 aliphatic heterocycles. The minimum atomic E-state index is -4.74. The summed E-state index contributed by atoms with van der Waals surface area (Å²) in [6.07, 6.45) is -3.78. The molecule has 0 unspecified atom stereocenters. The number of aliphatic imine (C=N–C) groups is 1. The Morgan fingerprint density at radius 1 is 1.40 bits per heavy atom. The molecule has 0 saturated carbocycles. The topological polar surface area (TPSA) is 55.2 Å². The fraction of sp³-hybridized carbons (Fsp3) is 0.286. The number of alkyl halides is 3. The molecule has 1 heterocycles. The second-order valence-corrected chi connectivity index (χ2v) is 2.82. The third kappa shape index (κ3) is 2.51. The zero-order valence-electron chi connectivity index (χ0n) is 7.26. The van der Waals surface area contributed by atoms with Crippen LogP contribution in [0.15, 0.2) is 4.99 Å². The molecule has 1 aromatic heterocycles. The zero-order chi connectivity index (χ0) is 11.6. The van der Waals surface area contributed by atoms with Crippen molar-refractivity contribution in [2.24, 2.45) is 4.99 Å². The summed E-state index contributed by atoms with van der Waals surface area (Å²) in [7, 11) is 0. The molecule has 0 aliphatic carbocycles. The molecule has 0 spiro atoms. The Morgan fingerprint density at radius 2 is 2.00 bits per heavy atom. The molecule has 4 nitrogen and oxygen atoms in total. The van der Waals surface area contributed by atoms with Crippen molar-refractivity contribution < 1.29 is 18.0 Å². The summed E-state index contributed by atoms with van der Waals surface area (Å²) in [6.45, 7) is 1.25. The molecule has 1 rings (SSSR count). The number of aromatic nitrogens is 2. The normalized spacial score (nSPS) is 11.0. The van der Waals surface area contributed by atoms with Gasteiger partial charge in [-0.2, -0.15) is 18.2 Å². The van der Waals surface area contributed by atoms with Gasteiger partial charge < -0.3 is 0 Å². The first-order chi connectivity index (χ1) is 6.86. The van der Waals surface area contributed by atoms with Crippen LogP contribution in [-0.2, 0) is 11.0 Å². The average molecular weight is 238 g/mol. The van der Waals surface area contributed by atoms with Crippen LogP contribution in [0, 0.1) is 6.92 Å². The van der Waals surface area contributed by atoms with Gasteiger partial charge in [-0.1, -0.05) is 11.6 Å². The lowest BCUT2D eigenvalue weighted by Crippen LogP contribution is -2.10. The van der Waals surface area contributed by atoms with Crippen LogP contribution in [-0.4, -0.2) is 16.0 Å². The van der Waals surface area contributed by atoms with Gasteiger partial charge in [-0.25, -0.2) is 14.8 Å². The second kappa shape index (κ2) is 3.96. The average Bonchev–Trinajstić information content (AvgIpc) is 2.07. The maximum Gasteiger partial charge on any atom is 0.435 e. The Bertz CT molecular complexity index is 440.